The summed E-state index contributed by atoms with van der Waals surface area (Å²) in [5.41, 5.74) is 2.21. The molecule has 0 saturated heterocycles. The van der Waals surface area contributed by atoms with E-state index in [4.69, 9.17) is 16.7 Å². The van der Waals surface area contributed by atoms with Crippen molar-refractivity contribution in [1.82, 2.24) is 3.97 Å². The molecule has 0 amide bonds. The van der Waals surface area contributed by atoms with Crippen LogP contribution in [0.15, 0.2) is 59.6 Å². The normalized spacial score (nSPS) is 12.3. The maximum atomic E-state index is 13.0. The fourth-order valence-corrected chi connectivity index (χ4v) is 4.08. The fraction of sp³-hybridized carbons (Fsp3) is 0.111. The first-order valence-corrected chi connectivity index (χ1v) is 9.15. The molecule has 0 atom stereocenters. The van der Waals surface area contributed by atoms with E-state index < -0.39 is 10.0 Å². The van der Waals surface area contributed by atoms with Gasteiger partial charge in [0.15, 0.2) is 0 Å². The van der Waals surface area contributed by atoms with Crippen molar-refractivity contribution in [3.8, 4) is 0 Å². The van der Waals surface area contributed by atoms with Crippen molar-refractivity contribution in [2.45, 2.75) is 11.8 Å². The summed E-state index contributed by atoms with van der Waals surface area (Å²) in [6.45, 7) is 1.78. The van der Waals surface area contributed by atoms with Gasteiger partial charge in [-0.25, -0.2) is 12.4 Å². The van der Waals surface area contributed by atoms with Crippen LogP contribution in [0.2, 0.25) is 5.02 Å². The number of benzene rings is 2. The summed E-state index contributed by atoms with van der Waals surface area (Å²) in [6, 6.07) is 11.8. The number of rotatable bonds is 4. The van der Waals surface area contributed by atoms with E-state index in [1.807, 2.05) is 6.92 Å². The second-order valence-corrected chi connectivity index (χ2v) is 7.70. The van der Waals surface area contributed by atoms with Gasteiger partial charge < -0.3 is 5.11 Å². The Hall–Kier alpha value is -2.08. The number of aliphatic hydroxyl groups is 1. The Labute approximate surface area is 145 Å². The number of nitrogens with zero attached hydrogens (tertiary/aromatic N) is 1. The summed E-state index contributed by atoms with van der Waals surface area (Å²) in [6.07, 6.45) is 4.78. The third-order valence-electron chi connectivity index (χ3n) is 3.74. The monoisotopic (exact) mass is 361 g/mol. The zero-order chi connectivity index (χ0) is 17.3. The van der Waals surface area contributed by atoms with E-state index in [0.717, 1.165) is 5.56 Å². The lowest BCUT2D eigenvalue weighted by atomic mass is 10.1. The standard InChI is InChI=1S/C18H16ClNO3S/c1-13-4-7-16(8-5-13)24(22,23)20-12-14(3-2-10-21)17-11-15(19)6-9-18(17)20/h2-9,11-12,21H,10H2,1H3/b3-2-. The third-order valence-corrected chi connectivity index (χ3v) is 5.67. The van der Waals surface area contributed by atoms with Gasteiger partial charge >= 0.3 is 0 Å². The van der Waals surface area contributed by atoms with Crippen LogP contribution in [0.3, 0.4) is 0 Å². The molecule has 0 fully saturated rings. The quantitative estimate of drug-likeness (QED) is 0.768. The lowest BCUT2D eigenvalue weighted by Crippen LogP contribution is -2.11. The fourth-order valence-electron chi connectivity index (χ4n) is 2.53. The summed E-state index contributed by atoms with van der Waals surface area (Å²) < 4.78 is 27.2. The van der Waals surface area contributed by atoms with Crippen LogP contribution in [0.5, 0.6) is 0 Å². The number of fused-ring (bicyclic) bond motifs is 1. The van der Waals surface area contributed by atoms with Gasteiger partial charge in [0.1, 0.15) is 0 Å². The first kappa shape index (κ1) is 16.8. The lowest BCUT2D eigenvalue weighted by Gasteiger charge is -2.08. The van der Waals surface area contributed by atoms with E-state index in [0.29, 0.717) is 21.5 Å². The lowest BCUT2D eigenvalue weighted by molar-refractivity contribution is 0.343. The van der Waals surface area contributed by atoms with Crippen molar-refractivity contribution >= 4 is 38.6 Å². The van der Waals surface area contributed by atoms with E-state index in [1.165, 1.54) is 3.97 Å². The molecule has 1 heterocycles. The Morgan fingerprint density at radius 1 is 1.17 bits per heavy atom. The molecule has 0 aliphatic carbocycles. The first-order valence-electron chi connectivity index (χ1n) is 7.34. The number of aryl methyl sites for hydroxylation is 1. The van der Waals surface area contributed by atoms with Crippen LogP contribution in [0.4, 0.5) is 0 Å². The van der Waals surface area contributed by atoms with Crippen LogP contribution in [0.1, 0.15) is 11.1 Å². The Bertz CT molecular complexity index is 1020. The molecule has 4 nitrogen and oxygen atoms in total. The number of halogens is 1. The molecule has 0 aliphatic heterocycles. The second-order valence-electron chi connectivity index (χ2n) is 5.44. The SMILES string of the molecule is Cc1ccc(S(=O)(=O)n2cc(/C=C\CO)c3cc(Cl)ccc32)cc1. The van der Waals surface area contributed by atoms with Gasteiger partial charge in [0.25, 0.3) is 10.0 Å². The molecule has 1 aromatic heterocycles. The second kappa shape index (κ2) is 6.43. The van der Waals surface area contributed by atoms with Gasteiger partial charge in [-0.3, -0.25) is 0 Å². The Balaban J connectivity index is 2.25. The predicted octanol–water partition coefficient (Wildman–Crippen LogP) is 3.85. The highest BCUT2D eigenvalue weighted by molar-refractivity contribution is 7.90. The highest BCUT2D eigenvalue weighted by Crippen LogP contribution is 2.29. The highest BCUT2D eigenvalue weighted by atomic mass is 35.5. The first-order chi connectivity index (χ1) is 11.4. The molecule has 3 rings (SSSR count). The number of aromatic nitrogens is 1. The largest absolute Gasteiger partial charge is 0.392 e. The molecule has 24 heavy (non-hydrogen) atoms. The van der Waals surface area contributed by atoms with Gasteiger partial charge in [-0.15, -0.1) is 0 Å². The van der Waals surface area contributed by atoms with Gasteiger partial charge in [-0.2, -0.15) is 0 Å². The summed E-state index contributed by atoms with van der Waals surface area (Å²) >= 11 is 6.05. The topological polar surface area (TPSA) is 59.3 Å². The van der Waals surface area contributed by atoms with Crippen molar-refractivity contribution in [1.29, 1.82) is 0 Å². The van der Waals surface area contributed by atoms with Gasteiger partial charge in [-0.05, 0) is 37.3 Å². The number of aliphatic hydroxyl groups excluding tert-OH is 1. The minimum atomic E-state index is -3.72. The number of hydrogen-bond donors (Lipinski definition) is 1. The zero-order valence-electron chi connectivity index (χ0n) is 13.0. The number of hydrogen-bond acceptors (Lipinski definition) is 3. The molecular weight excluding hydrogens is 346 g/mol. The molecule has 1 N–H and O–H groups in total. The van der Waals surface area contributed by atoms with E-state index in [9.17, 15) is 8.42 Å². The molecule has 124 valence electrons. The predicted molar refractivity (Wildman–Crippen MR) is 96.8 cm³/mol. The smallest absolute Gasteiger partial charge is 0.268 e. The van der Waals surface area contributed by atoms with Crippen molar-refractivity contribution in [2.75, 3.05) is 6.61 Å². The molecule has 3 aromatic rings. The van der Waals surface area contributed by atoms with Gasteiger partial charge in [0.05, 0.1) is 17.0 Å². The van der Waals surface area contributed by atoms with Gasteiger partial charge in [0, 0.05) is 22.2 Å². The average molecular weight is 362 g/mol. The van der Waals surface area contributed by atoms with Crippen LogP contribution in [-0.2, 0) is 10.0 Å². The molecule has 2 aromatic carbocycles. The van der Waals surface area contributed by atoms with Crippen molar-refractivity contribution < 1.29 is 13.5 Å². The Morgan fingerprint density at radius 2 is 1.88 bits per heavy atom. The Morgan fingerprint density at radius 3 is 2.54 bits per heavy atom. The van der Waals surface area contributed by atoms with E-state index in [2.05, 4.69) is 0 Å². The van der Waals surface area contributed by atoms with Crippen LogP contribution >= 0.6 is 11.6 Å². The summed E-state index contributed by atoms with van der Waals surface area (Å²) in [5, 5.41) is 10.2. The van der Waals surface area contributed by atoms with Crippen molar-refractivity contribution in [2.24, 2.45) is 0 Å². The molecule has 0 bridgehead atoms. The van der Waals surface area contributed by atoms with Crippen molar-refractivity contribution in [3.63, 3.8) is 0 Å². The molecule has 0 spiro atoms. The van der Waals surface area contributed by atoms with Crippen molar-refractivity contribution in [3.05, 3.63) is 70.9 Å². The van der Waals surface area contributed by atoms with E-state index in [-0.39, 0.29) is 11.5 Å². The molecule has 0 radical (unpaired) electrons. The van der Waals surface area contributed by atoms with Crippen LogP contribution < -0.4 is 0 Å². The van der Waals surface area contributed by atoms with Crippen LogP contribution in [0, 0.1) is 6.92 Å². The summed E-state index contributed by atoms with van der Waals surface area (Å²) in [7, 11) is -3.72. The average Bonchev–Trinajstić information content (AvgIpc) is 2.92. The van der Waals surface area contributed by atoms with Gasteiger partial charge in [-0.1, -0.05) is 41.4 Å². The van der Waals surface area contributed by atoms with E-state index >= 15 is 0 Å². The minimum absolute atomic E-state index is 0.127. The van der Waals surface area contributed by atoms with E-state index in [1.54, 1.807) is 60.8 Å². The van der Waals surface area contributed by atoms with Crippen LogP contribution in [0.25, 0.3) is 17.0 Å². The molecule has 0 unspecified atom stereocenters. The summed E-state index contributed by atoms with van der Waals surface area (Å²) in [4.78, 5) is 0.220. The molecule has 0 saturated carbocycles. The Kier molecular flexibility index (Phi) is 4.49. The maximum Gasteiger partial charge on any atom is 0.268 e. The van der Waals surface area contributed by atoms with Crippen LogP contribution in [-0.4, -0.2) is 24.1 Å². The molecule has 0 aliphatic rings. The maximum absolute atomic E-state index is 13.0. The van der Waals surface area contributed by atoms with Gasteiger partial charge in [0.2, 0.25) is 0 Å². The third kappa shape index (κ3) is 2.98. The highest BCUT2D eigenvalue weighted by Gasteiger charge is 2.20. The summed E-state index contributed by atoms with van der Waals surface area (Å²) in [5.74, 6) is 0. The molecule has 6 heteroatoms. The zero-order valence-corrected chi connectivity index (χ0v) is 14.6. The molecular formula is C18H16ClNO3S. The minimum Gasteiger partial charge on any atom is -0.392 e.